The maximum absolute atomic E-state index is 6.34. The summed E-state index contributed by atoms with van der Waals surface area (Å²) in [4.78, 5) is 10.7. The first-order valence-electron chi connectivity index (χ1n) is 6.85. The Hall–Kier alpha value is -1.66. The van der Waals surface area contributed by atoms with Crippen LogP contribution in [-0.2, 0) is 5.54 Å². The molecule has 21 heavy (non-hydrogen) atoms. The van der Waals surface area contributed by atoms with Crippen molar-refractivity contribution in [2.75, 3.05) is 19.0 Å². The summed E-state index contributed by atoms with van der Waals surface area (Å²) >= 11 is 0. The average Bonchev–Trinajstić information content (AvgIpc) is 3.08. The van der Waals surface area contributed by atoms with Crippen molar-refractivity contribution in [3.63, 3.8) is 0 Å². The van der Waals surface area contributed by atoms with E-state index in [2.05, 4.69) is 15.1 Å². The molecule has 114 valence electrons. The lowest BCUT2D eigenvalue weighted by Crippen LogP contribution is -2.34. The predicted molar refractivity (Wildman–Crippen MR) is 83.4 cm³/mol. The molecule has 0 saturated heterocycles. The first-order valence-corrected chi connectivity index (χ1v) is 6.85. The average molecular weight is 310 g/mol. The lowest BCUT2D eigenvalue weighted by molar-refractivity contribution is 0.372. The zero-order chi connectivity index (χ0) is 14.2. The highest BCUT2D eigenvalue weighted by atomic mass is 35.5. The molecule has 0 aliphatic heterocycles. The highest BCUT2D eigenvalue weighted by molar-refractivity contribution is 5.85. The second-order valence-electron chi connectivity index (χ2n) is 5.58. The van der Waals surface area contributed by atoms with Crippen LogP contribution < -0.4 is 10.6 Å². The van der Waals surface area contributed by atoms with E-state index in [-0.39, 0.29) is 12.4 Å². The van der Waals surface area contributed by atoms with Gasteiger partial charge in [-0.15, -0.1) is 12.4 Å². The molecule has 2 aromatic heterocycles. The molecule has 6 nitrogen and oxygen atoms in total. The molecule has 2 heterocycles. The molecule has 1 aliphatic carbocycles. The molecular formula is C14H20ClN5O. The number of nitrogens with two attached hydrogens (primary N) is 1. The van der Waals surface area contributed by atoms with Crippen LogP contribution in [0.15, 0.2) is 22.9 Å². The molecule has 1 fully saturated rings. The van der Waals surface area contributed by atoms with E-state index in [9.17, 15) is 0 Å². The summed E-state index contributed by atoms with van der Waals surface area (Å²) < 4.78 is 5.38. The van der Waals surface area contributed by atoms with Crippen molar-refractivity contribution >= 4 is 18.2 Å². The van der Waals surface area contributed by atoms with Gasteiger partial charge in [0.15, 0.2) is 5.82 Å². The summed E-state index contributed by atoms with van der Waals surface area (Å²) in [5.74, 6) is 1.97. The van der Waals surface area contributed by atoms with E-state index in [0.717, 1.165) is 37.1 Å². The Bertz CT molecular complexity index is 607. The van der Waals surface area contributed by atoms with Crippen LogP contribution in [0, 0.1) is 0 Å². The van der Waals surface area contributed by atoms with Crippen LogP contribution >= 0.6 is 12.4 Å². The number of hydrogen-bond acceptors (Lipinski definition) is 6. The molecule has 1 saturated carbocycles. The largest absolute Gasteiger partial charge is 0.363 e. The van der Waals surface area contributed by atoms with E-state index in [1.54, 1.807) is 6.20 Å². The number of anilines is 1. The SMILES string of the molecule is CN(C)c1cc(-c2nc(C3(N)CCCC3)no2)ccn1.Cl. The zero-order valence-corrected chi connectivity index (χ0v) is 13.1. The van der Waals surface area contributed by atoms with Crippen molar-refractivity contribution in [2.24, 2.45) is 5.73 Å². The number of hydrogen-bond donors (Lipinski definition) is 1. The van der Waals surface area contributed by atoms with Gasteiger partial charge in [-0.1, -0.05) is 18.0 Å². The van der Waals surface area contributed by atoms with Crippen molar-refractivity contribution < 1.29 is 4.52 Å². The molecule has 7 heteroatoms. The Morgan fingerprint density at radius 3 is 2.67 bits per heavy atom. The first kappa shape index (κ1) is 15.7. The van der Waals surface area contributed by atoms with Gasteiger partial charge in [-0.3, -0.25) is 0 Å². The van der Waals surface area contributed by atoms with Crippen LogP contribution in [0.2, 0.25) is 0 Å². The van der Waals surface area contributed by atoms with Crippen LogP contribution in [-0.4, -0.2) is 29.2 Å². The summed E-state index contributed by atoms with van der Waals surface area (Å²) in [7, 11) is 3.89. The minimum atomic E-state index is -0.418. The Labute approximate surface area is 130 Å². The molecule has 3 rings (SSSR count). The minimum absolute atomic E-state index is 0. The fraction of sp³-hybridized carbons (Fsp3) is 0.500. The normalized spacial score (nSPS) is 16.5. The van der Waals surface area contributed by atoms with E-state index >= 15 is 0 Å². The smallest absolute Gasteiger partial charge is 0.258 e. The minimum Gasteiger partial charge on any atom is -0.363 e. The molecule has 1 aliphatic rings. The summed E-state index contributed by atoms with van der Waals surface area (Å²) in [5, 5.41) is 4.08. The van der Waals surface area contributed by atoms with Crippen LogP contribution in [0.25, 0.3) is 11.5 Å². The van der Waals surface area contributed by atoms with Gasteiger partial charge in [0.25, 0.3) is 5.89 Å². The summed E-state index contributed by atoms with van der Waals surface area (Å²) in [6, 6.07) is 3.79. The van der Waals surface area contributed by atoms with Gasteiger partial charge >= 0.3 is 0 Å². The lowest BCUT2D eigenvalue weighted by atomic mass is 9.99. The van der Waals surface area contributed by atoms with Gasteiger partial charge in [0.2, 0.25) is 0 Å². The number of pyridine rings is 1. The predicted octanol–water partition coefficient (Wildman–Crippen LogP) is 2.35. The van der Waals surface area contributed by atoms with E-state index in [0.29, 0.717) is 11.7 Å². The van der Waals surface area contributed by atoms with E-state index in [4.69, 9.17) is 10.3 Å². The van der Waals surface area contributed by atoms with Crippen LogP contribution in [0.5, 0.6) is 0 Å². The van der Waals surface area contributed by atoms with E-state index in [1.807, 2.05) is 31.1 Å². The molecule has 2 N–H and O–H groups in total. The zero-order valence-electron chi connectivity index (χ0n) is 12.2. The summed E-state index contributed by atoms with van der Waals surface area (Å²) in [6.45, 7) is 0. The maximum Gasteiger partial charge on any atom is 0.258 e. The Kier molecular flexibility index (Phi) is 4.49. The fourth-order valence-electron chi connectivity index (χ4n) is 2.57. The standard InChI is InChI=1S/C14H19N5O.ClH/c1-19(2)11-9-10(5-8-16-11)12-17-13(18-20-12)14(15)6-3-4-7-14;/h5,8-9H,3-4,6-7,15H2,1-2H3;1H. The number of aromatic nitrogens is 3. The van der Waals surface area contributed by atoms with Gasteiger partial charge in [0.05, 0.1) is 5.54 Å². The van der Waals surface area contributed by atoms with Gasteiger partial charge < -0.3 is 15.2 Å². The molecule has 2 aromatic rings. The third kappa shape index (κ3) is 3.01. The molecular weight excluding hydrogens is 290 g/mol. The highest BCUT2D eigenvalue weighted by Gasteiger charge is 2.36. The molecule has 0 unspecified atom stereocenters. The second kappa shape index (κ2) is 5.99. The molecule has 0 aromatic carbocycles. The van der Waals surface area contributed by atoms with Crippen molar-refractivity contribution in [1.29, 1.82) is 0 Å². The monoisotopic (exact) mass is 309 g/mol. The van der Waals surface area contributed by atoms with E-state index in [1.165, 1.54) is 0 Å². The Balaban J connectivity index is 0.00000161. The number of halogens is 1. The van der Waals surface area contributed by atoms with Crippen molar-refractivity contribution in [3.8, 4) is 11.5 Å². The van der Waals surface area contributed by atoms with Crippen LogP contribution in [0.3, 0.4) is 0 Å². The van der Waals surface area contributed by atoms with Crippen molar-refractivity contribution in [1.82, 2.24) is 15.1 Å². The number of rotatable bonds is 3. The van der Waals surface area contributed by atoms with Gasteiger partial charge in [-0.05, 0) is 25.0 Å². The summed E-state index contributed by atoms with van der Waals surface area (Å²) in [6.07, 6.45) is 5.83. The maximum atomic E-state index is 6.34. The second-order valence-corrected chi connectivity index (χ2v) is 5.58. The van der Waals surface area contributed by atoms with Gasteiger partial charge in [-0.25, -0.2) is 4.98 Å². The quantitative estimate of drug-likeness (QED) is 0.937. The Morgan fingerprint density at radius 1 is 1.29 bits per heavy atom. The molecule has 0 radical (unpaired) electrons. The third-order valence-electron chi connectivity index (χ3n) is 3.82. The molecule has 0 amide bonds. The van der Waals surface area contributed by atoms with Crippen LogP contribution in [0.1, 0.15) is 31.5 Å². The Morgan fingerprint density at radius 2 is 2.00 bits per heavy atom. The molecule has 0 spiro atoms. The van der Waals surface area contributed by atoms with Crippen molar-refractivity contribution in [2.45, 2.75) is 31.2 Å². The first-order chi connectivity index (χ1) is 9.58. The van der Waals surface area contributed by atoms with Gasteiger partial charge in [0.1, 0.15) is 5.82 Å². The van der Waals surface area contributed by atoms with Gasteiger partial charge in [-0.2, -0.15) is 4.98 Å². The molecule has 0 bridgehead atoms. The fourth-order valence-corrected chi connectivity index (χ4v) is 2.57. The highest BCUT2D eigenvalue weighted by Crippen LogP contribution is 2.35. The lowest BCUT2D eigenvalue weighted by Gasteiger charge is -2.17. The topological polar surface area (TPSA) is 81.1 Å². The van der Waals surface area contributed by atoms with E-state index < -0.39 is 5.54 Å². The molecule has 0 atom stereocenters. The van der Waals surface area contributed by atoms with Gasteiger partial charge in [0, 0.05) is 25.9 Å². The van der Waals surface area contributed by atoms with Crippen LogP contribution in [0.4, 0.5) is 5.82 Å². The van der Waals surface area contributed by atoms with Crippen molar-refractivity contribution in [3.05, 3.63) is 24.2 Å². The summed E-state index contributed by atoms with van der Waals surface area (Å²) in [5.41, 5.74) is 6.79. The number of nitrogens with zero attached hydrogens (tertiary/aromatic N) is 4. The third-order valence-corrected chi connectivity index (χ3v) is 3.82.